The lowest BCUT2D eigenvalue weighted by Crippen LogP contribution is -2.55. The first-order valence-corrected chi connectivity index (χ1v) is 8.94. The minimum absolute atomic E-state index is 0.162. The summed E-state index contributed by atoms with van der Waals surface area (Å²) < 4.78 is 32.3. The number of aryl methyl sites for hydroxylation is 1. The Labute approximate surface area is 132 Å². The third-order valence-electron chi connectivity index (χ3n) is 3.11. The third kappa shape index (κ3) is 3.06. The molecule has 0 aromatic carbocycles. The summed E-state index contributed by atoms with van der Waals surface area (Å²) in [5.41, 5.74) is 0.865. The lowest BCUT2D eigenvalue weighted by molar-refractivity contribution is 0.0721. The van der Waals surface area contributed by atoms with Gasteiger partial charge >= 0.3 is 0 Å². The van der Waals surface area contributed by atoms with E-state index in [-0.39, 0.29) is 10.3 Å². The van der Waals surface area contributed by atoms with Crippen LogP contribution in [-0.4, -0.2) is 36.9 Å². The number of hydrogen-bond acceptors (Lipinski definition) is 5. The van der Waals surface area contributed by atoms with Gasteiger partial charge in [-0.2, -0.15) is 4.31 Å². The molecule has 112 valence electrons. The Balaban J connectivity index is 1.63. The van der Waals surface area contributed by atoms with Crippen LogP contribution in [0.1, 0.15) is 5.69 Å². The van der Waals surface area contributed by atoms with Crippen LogP contribution in [0.4, 0.5) is 0 Å². The van der Waals surface area contributed by atoms with E-state index >= 15 is 0 Å². The molecule has 0 amide bonds. The van der Waals surface area contributed by atoms with Crippen molar-refractivity contribution in [2.45, 2.75) is 17.2 Å². The Morgan fingerprint density at radius 2 is 2.10 bits per heavy atom. The third-order valence-corrected chi connectivity index (χ3v) is 6.64. The lowest BCUT2D eigenvalue weighted by atomic mass is 10.2. The molecule has 1 aliphatic rings. The fourth-order valence-electron chi connectivity index (χ4n) is 1.99. The number of hydrogen-bond donors (Lipinski definition) is 0. The second-order valence-electron chi connectivity index (χ2n) is 4.74. The average molecular weight is 345 g/mol. The smallest absolute Gasteiger partial charge is 0.252 e. The van der Waals surface area contributed by atoms with Gasteiger partial charge in [-0.3, -0.25) is 0 Å². The Kier molecular flexibility index (Phi) is 3.92. The molecule has 0 atom stereocenters. The number of halogens is 1. The van der Waals surface area contributed by atoms with E-state index in [9.17, 15) is 8.42 Å². The van der Waals surface area contributed by atoms with Crippen LogP contribution in [0.25, 0.3) is 0 Å². The molecule has 2 aromatic heterocycles. The molecule has 3 rings (SSSR count). The van der Waals surface area contributed by atoms with Gasteiger partial charge in [-0.05, 0) is 25.1 Å². The van der Waals surface area contributed by atoms with Gasteiger partial charge in [0, 0.05) is 11.8 Å². The quantitative estimate of drug-likeness (QED) is 0.855. The number of aromatic nitrogens is 1. The van der Waals surface area contributed by atoms with Gasteiger partial charge in [-0.25, -0.2) is 13.4 Å². The summed E-state index contributed by atoms with van der Waals surface area (Å²) in [5.74, 6) is 0.524. The van der Waals surface area contributed by atoms with Crippen molar-refractivity contribution >= 4 is 33.0 Å². The molecule has 0 unspecified atom stereocenters. The van der Waals surface area contributed by atoms with Crippen LogP contribution in [0, 0.1) is 6.92 Å². The number of pyridine rings is 1. The van der Waals surface area contributed by atoms with Gasteiger partial charge in [-0.15, -0.1) is 11.3 Å². The zero-order valence-electron chi connectivity index (χ0n) is 11.2. The molecule has 1 fully saturated rings. The van der Waals surface area contributed by atoms with Crippen LogP contribution in [0.15, 0.2) is 34.5 Å². The van der Waals surface area contributed by atoms with Crippen LogP contribution in [0.5, 0.6) is 5.88 Å². The number of rotatable bonds is 4. The fourth-order valence-corrected chi connectivity index (χ4v) is 5.13. The van der Waals surface area contributed by atoms with E-state index in [2.05, 4.69) is 4.98 Å². The standard InChI is InChI=1S/C13H13ClN2O3S2/c1-9-3-2-4-12(15-9)19-10-7-16(8-10)21(17,18)13-6-5-11(14)20-13/h2-6,10H,7-8H2,1H3. The van der Waals surface area contributed by atoms with Crippen molar-refractivity contribution in [3.63, 3.8) is 0 Å². The van der Waals surface area contributed by atoms with Crippen molar-refractivity contribution in [1.82, 2.24) is 9.29 Å². The molecule has 1 aliphatic heterocycles. The normalized spacial score (nSPS) is 16.7. The summed E-state index contributed by atoms with van der Waals surface area (Å²) in [6.07, 6.45) is -0.162. The maximum atomic E-state index is 12.3. The highest BCUT2D eigenvalue weighted by Gasteiger charge is 2.39. The number of ether oxygens (including phenoxy) is 1. The molecular weight excluding hydrogens is 332 g/mol. The van der Waals surface area contributed by atoms with Crippen LogP contribution in [0.2, 0.25) is 4.34 Å². The Morgan fingerprint density at radius 3 is 2.71 bits per heavy atom. The van der Waals surface area contributed by atoms with E-state index in [1.807, 2.05) is 19.1 Å². The Bertz CT molecular complexity index is 754. The molecule has 5 nitrogen and oxygen atoms in total. The highest BCUT2D eigenvalue weighted by Crippen LogP contribution is 2.31. The fraction of sp³-hybridized carbons (Fsp3) is 0.308. The van der Waals surface area contributed by atoms with E-state index in [1.165, 1.54) is 10.4 Å². The molecular formula is C13H13ClN2O3S2. The Morgan fingerprint density at radius 1 is 1.33 bits per heavy atom. The molecule has 8 heteroatoms. The zero-order valence-corrected chi connectivity index (χ0v) is 13.6. The van der Waals surface area contributed by atoms with Crippen LogP contribution >= 0.6 is 22.9 Å². The van der Waals surface area contributed by atoms with E-state index in [0.29, 0.717) is 23.3 Å². The number of sulfonamides is 1. The van der Waals surface area contributed by atoms with Gasteiger partial charge in [0.2, 0.25) is 5.88 Å². The Hall–Kier alpha value is -1.15. The molecule has 0 aliphatic carbocycles. The largest absolute Gasteiger partial charge is 0.472 e. The minimum Gasteiger partial charge on any atom is -0.472 e. The second kappa shape index (κ2) is 5.57. The summed E-state index contributed by atoms with van der Waals surface area (Å²) in [6, 6.07) is 8.62. The van der Waals surface area contributed by atoms with Gasteiger partial charge in [0.05, 0.1) is 17.4 Å². The van der Waals surface area contributed by atoms with Crippen LogP contribution < -0.4 is 4.74 Å². The van der Waals surface area contributed by atoms with Gasteiger partial charge in [-0.1, -0.05) is 17.7 Å². The molecule has 21 heavy (non-hydrogen) atoms. The number of thiophene rings is 1. The first-order valence-electron chi connectivity index (χ1n) is 6.31. The molecule has 1 saturated heterocycles. The average Bonchev–Trinajstić information content (AvgIpc) is 2.80. The van der Waals surface area contributed by atoms with E-state index in [4.69, 9.17) is 16.3 Å². The maximum Gasteiger partial charge on any atom is 0.252 e. The van der Waals surface area contributed by atoms with Crippen LogP contribution in [0.3, 0.4) is 0 Å². The molecule has 2 aromatic rings. The molecule has 3 heterocycles. The molecule has 0 bridgehead atoms. The monoisotopic (exact) mass is 344 g/mol. The van der Waals surface area contributed by atoms with Gasteiger partial charge in [0.15, 0.2) is 0 Å². The maximum absolute atomic E-state index is 12.3. The predicted molar refractivity (Wildman–Crippen MR) is 81.5 cm³/mol. The first kappa shape index (κ1) is 14.8. The van der Waals surface area contributed by atoms with E-state index in [0.717, 1.165) is 17.0 Å². The summed E-state index contributed by atoms with van der Waals surface area (Å²) in [7, 11) is -3.45. The SMILES string of the molecule is Cc1cccc(OC2CN(S(=O)(=O)c3ccc(Cl)s3)C2)n1. The van der Waals surface area contributed by atoms with Crippen molar-refractivity contribution in [3.8, 4) is 5.88 Å². The second-order valence-corrected chi connectivity index (χ2v) is 8.62. The van der Waals surface area contributed by atoms with E-state index in [1.54, 1.807) is 12.1 Å². The van der Waals surface area contributed by atoms with Crippen LogP contribution in [-0.2, 0) is 10.0 Å². The lowest BCUT2D eigenvalue weighted by Gasteiger charge is -2.37. The van der Waals surface area contributed by atoms with Crippen molar-refractivity contribution in [3.05, 3.63) is 40.4 Å². The van der Waals surface area contributed by atoms with Crippen molar-refractivity contribution in [2.24, 2.45) is 0 Å². The zero-order chi connectivity index (χ0) is 15.0. The molecule has 0 N–H and O–H groups in total. The van der Waals surface area contributed by atoms with Crippen molar-refractivity contribution in [2.75, 3.05) is 13.1 Å². The highest BCUT2D eigenvalue weighted by molar-refractivity contribution is 7.91. The van der Waals surface area contributed by atoms with Crippen molar-refractivity contribution < 1.29 is 13.2 Å². The van der Waals surface area contributed by atoms with E-state index < -0.39 is 10.0 Å². The molecule has 0 spiro atoms. The summed E-state index contributed by atoms with van der Waals surface area (Å²) >= 11 is 6.85. The summed E-state index contributed by atoms with van der Waals surface area (Å²) in [5, 5.41) is 0. The summed E-state index contributed by atoms with van der Waals surface area (Å²) in [6.45, 7) is 2.53. The molecule has 0 radical (unpaired) electrons. The predicted octanol–water partition coefficient (Wildman–Crippen LogP) is 2.56. The summed E-state index contributed by atoms with van der Waals surface area (Å²) in [4.78, 5) is 4.24. The highest BCUT2D eigenvalue weighted by atomic mass is 35.5. The first-order chi connectivity index (χ1) is 9.95. The topological polar surface area (TPSA) is 59.5 Å². The molecule has 0 saturated carbocycles. The van der Waals surface area contributed by atoms with Gasteiger partial charge in [0.25, 0.3) is 10.0 Å². The van der Waals surface area contributed by atoms with Crippen molar-refractivity contribution in [1.29, 1.82) is 0 Å². The minimum atomic E-state index is -3.45. The number of nitrogens with zero attached hydrogens (tertiary/aromatic N) is 2. The van der Waals surface area contributed by atoms with Gasteiger partial charge in [0.1, 0.15) is 10.3 Å². The van der Waals surface area contributed by atoms with Gasteiger partial charge < -0.3 is 4.74 Å².